The average molecular weight is 862 g/mol. The van der Waals surface area contributed by atoms with Gasteiger partial charge < -0.3 is 65.0 Å². The standard InChI is InChI=1S/C44H51N3O15/c1-24(50)31(39(54)45-18-19-48)46-42(56)43-21-29-35-36(61-44(60-35,27-14-4-2-5-15-27)28-16-6-3-7-17-28)38(43)62-47(37(43)40(55)58-29)22-26-12-9-8-11-25(26)13-10-20-57-41-34(53)33(52)32(51)30(23-49)59-41/h2-17,24,29-38,41,48-53H,18-23H2,1H3,(H,45,54)(H,46,56). The van der Waals surface area contributed by atoms with Gasteiger partial charge in [-0.25, -0.2) is 0 Å². The van der Waals surface area contributed by atoms with Crippen molar-refractivity contribution in [2.45, 2.75) is 99.0 Å². The number of carbonyl (C=O) groups excluding carboxylic acids is 3. The number of carbonyl (C=O) groups is 3. The molecule has 2 amide bonds. The number of benzene rings is 3. The van der Waals surface area contributed by atoms with E-state index in [2.05, 4.69) is 10.6 Å². The highest BCUT2D eigenvalue weighted by Crippen LogP contribution is 2.59. The van der Waals surface area contributed by atoms with Gasteiger partial charge in [0.1, 0.15) is 60.3 Å². The minimum atomic E-state index is -1.73. The van der Waals surface area contributed by atoms with Crippen LogP contribution in [-0.4, -0.2) is 153 Å². The predicted octanol–water partition coefficient (Wildman–Crippen LogP) is -1.02. The molecule has 18 nitrogen and oxygen atoms in total. The van der Waals surface area contributed by atoms with Crippen molar-refractivity contribution in [3.8, 4) is 0 Å². The molecule has 4 heterocycles. The van der Waals surface area contributed by atoms with Gasteiger partial charge in [-0.15, -0.1) is 0 Å². The minimum Gasteiger partial charge on any atom is -0.458 e. The zero-order chi connectivity index (χ0) is 43.8. The molecule has 0 radical (unpaired) electrons. The fourth-order valence-corrected chi connectivity index (χ4v) is 9.20. The van der Waals surface area contributed by atoms with E-state index in [1.54, 1.807) is 36.4 Å². The first-order valence-electron chi connectivity index (χ1n) is 20.6. The van der Waals surface area contributed by atoms with Gasteiger partial charge in [-0.1, -0.05) is 97.1 Å². The van der Waals surface area contributed by atoms with E-state index in [4.69, 9.17) is 28.5 Å². The summed E-state index contributed by atoms with van der Waals surface area (Å²) in [5.74, 6) is -3.76. The van der Waals surface area contributed by atoms with Crippen LogP contribution < -0.4 is 10.6 Å². The van der Waals surface area contributed by atoms with Crippen LogP contribution in [0, 0.1) is 5.41 Å². The fourth-order valence-electron chi connectivity index (χ4n) is 9.20. The monoisotopic (exact) mass is 861 g/mol. The molecule has 3 aromatic rings. The number of aliphatic hydroxyl groups excluding tert-OH is 6. The largest absolute Gasteiger partial charge is 0.458 e. The molecular weight excluding hydrogens is 810 g/mol. The Labute approximate surface area is 356 Å². The Kier molecular flexibility index (Phi) is 12.9. The number of nitrogens with zero attached hydrogens (tertiary/aromatic N) is 1. The molecule has 5 fully saturated rings. The van der Waals surface area contributed by atoms with Crippen LogP contribution in [0.4, 0.5) is 0 Å². The van der Waals surface area contributed by atoms with Crippen molar-refractivity contribution >= 4 is 23.9 Å². The van der Waals surface area contributed by atoms with E-state index in [0.717, 1.165) is 0 Å². The Morgan fingerprint density at radius 1 is 0.919 bits per heavy atom. The van der Waals surface area contributed by atoms with Crippen LogP contribution in [0.3, 0.4) is 0 Å². The van der Waals surface area contributed by atoms with Crippen molar-refractivity contribution < 1.29 is 73.5 Å². The number of amides is 2. The summed E-state index contributed by atoms with van der Waals surface area (Å²) in [6, 6.07) is 22.9. The maximum atomic E-state index is 15.0. The van der Waals surface area contributed by atoms with Crippen LogP contribution in [0.1, 0.15) is 35.6 Å². The molecule has 0 spiro atoms. The Morgan fingerprint density at radius 2 is 1.58 bits per heavy atom. The van der Waals surface area contributed by atoms with Gasteiger partial charge in [0.25, 0.3) is 0 Å². The van der Waals surface area contributed by atoms with E-state index in [9.17, 15) is 40.2 Å². The lowest BCUT2D eigenvalue weighted by Crippen LogP contribution is -2.71. The highest BCUT2D eigenvalue weighted by Gasteiger charge is 2.77. The Hall–Kier alpha value is -4.67. The molecule has 62 heavy (non-hydrogen) atoms. The third-order valence-corrected chi connectivity index (χ3v) is 12.2. The number of fused-ring (bicyclic) bond motifs is 4. The topological polar surface area (TPSA) is 255 Å². The lowest BCUT2D eigenvalue weighted by Gasteiger charge is -2.49. The summed E-state index contributed by atoms with van der Waals surface area (Å²) in [5, 5.41) is 66.9. The molecule has 1 saturated carbocycles. The fraction of sp³-hybridized carbons (Fsp3) is 0.477. The van der Waals surface area contributed by atoms with Gasteiger partial charge in [-0.2, -0.15) is 5.06 Å². The molecule has 5 aliphatic rings. The molecule has 8 N–H and O–H groups in total. The van der Waals surface area contributed by atoms with E-state index in [0.29, 0.717) is 22.3 Å². The van der Waals surface area contributed by atoms with Crippen LogP contribution in [0.2, 0.25) is 0 Å². The number of aliphatic hydroxyl groups is 6. The summed E-state index contributed by atoms with van der Waals surface area (Å²) in [4.78, 5) is 49.5. The van der Waals surface area contributed by atoms with Gasteiger partial charge in [0.2, 0.25) is 17.6 Å². The number of nitrogens with one attached hydrogen (secondary N) is 2. The molecule has 0 aromatic heterocycles. The van der Waals surface area contributed by atoms with Gasteiger partial charge in [-0.05, 0) is 18.1 Å². The Bertz CT molecular complexity index is 2050. The molecule has 2 bridgehead atoms. The van der Waals surface area contributed by atoms with E-state index < -0.39 is 109 Å². The molecule has 4 aliphatic heterocycles. The van der Waals surface area contributed by atoms with Gasteiger partial charge >= 0.3 is 5.97 Å². The number of rotatable bonds is 15. The zero-order valence-electron chi connectivity index (χ0n) is 33.7. The molecule has 1 aliphatic carbocycles. The third kappa shape index (κ3) is 7.84. The SMILES string of the molecule is CC(O)C(NC(=O)C12CC3OC(=O)C1N(Cc1ccccc1C=CCOC1OC(CO)C(O)C(O)C1O)OC2C1OC(c2ccccc2)(c2ccccc2)OC31)C(=O)NCCO. The Balaban J connectivity index is 1.12. The molecule has 13 atom stereocenters. The molecule has 332 valence electrons. The zero-order valence-corrected chi connectivity index (χ0v) is 33.7. The summed E-state index contributed by atoms with van der Waals surface area (Å²) in [6.45, 7) is 0.0810. The van der Waals surface area contributed by atoms with E-state index in [1.165, 1.54) is 12.0 Å². The third-order valence-electron chi connectivity index (χ3n) is 12.2. The lowest BCUT2D eigenvalue weighted by atomic mass is 9.62. The van der Waals surface area contributed by atoms with Gasteiger partial charge in [0.15, 0.2) is 12.3 Å². The molecule has 4 saturated heterocycles. The second-order valence-electron chi connectivity index (χ2n) is 16.1. The van der Waals surface area contributed by atoms with Crippen molar-refractivity contribution in [2.24, 2.45) is 5.41 Å². The normalized spacial score (nSPS) is 33.4. The first-order valence-corrected chi connectivity index (χ1v) is 20.6. The average Bonchev–Trinajstić information content (AvgIpc) is 3.87. The van der Waals surface area contributed by atoms with E-state index in [1.807, 2.05) is 60.7 Å². The molecule has 13 unspecified atom stereocenters. The van der Waals surface area contributed by atoms with Crippen molar-refractivity contribution in [1.29, 1.82) is 0 Å². The van der Waals surface area contributed by atoms with Gasteiger partial charge in [0, 0.05) is 24.1 Å². The van der Waals surface area contributed by atoms with Crippen LogP contribution in [-0.2, 0) is 55.2 Å². The van der Waals surface area contributed by atoms with Crippen molar-refractivity contribution in [1.82, 2.24) is 15.7 Å². The van der Waals surface area contributed by atoms with E-state index >= 15 is 4.79 Å². The van der Waals surface area contributed by atoms with E-state index in [-0.39, 0.29) is 32.7 Å². The molecule has 18 heteroatoms. The smallest absolute Gasteiger partial charge is 0.327 e. The van der Waals surface area contributed by atoms with Crippen molar-refractivity contribution in [2.75, 3.05) is 26.4 Å². The quantitative estimate of drug-likeness (QED) is 0.0851. The first kappa shape index (κ1) is 44.0. The van der Waals surface area contributed by atoms with Crippen LogP contribution in [0.5, 0.6) is 0 Å². The molecule has 3 aromatic carbocycles. The van der Waals surface area contributed by atoms with Crippen molar-refractivity contribution in [3.63, 3.8) is 0 Å². The summed E-state index contributed by atoms with van der Waals surface area (Å²) in [5.41, 5.74) is 0.871. The highest BCUT2D eigenvalue weighted by atomic mass is 16.8. The number of esters is 1. The number of hydrogen-bond donors (Lipinski definition) is 8. The maximum Gasteiger partial charge on any atom is 0.327 e. The van der Waals surface area contributed by atoms with Gasteiger partial charge in [-0.3, -0.25) is 19.2 Å². The first-order chi connectivity index (χ1) is 29.9. The Morgan fingerprint density at radius 3 is 2.24 bits per heavy atom. The summed E-state index contributed by atoms with van der Waals surface area (Å²) in [7, 11) is 0. The second kappa shape index (κ2) is 18.2. The summed E-state index contributed by atoms with van der Waals surface area (Å²) < 4.78 is 31.2. The van der Waals surface area contributed by atoms with Crippen LogP contribution in [0.15, 0.2) is 91.0 Å². The molecule has 8 rings (SSSR count). The number of hydroxylamine groups is 2. The minimum absolute atomic E-state index is 0.0539. The number of ether oxygens (including phenoxy) is 5. The summed E-state index contributed by atoms with van der Waals surface area (Å²) in [6.07, 6.45) is -9.38. The second-order valence-corrected chi connectivity index (χ2v) is 16.1. The predicted molar refractivity (Wildman–Crippen MR) is 213 cm³/mol. The maximum absolute atomic E-state index is 15.0. The summed E-state index contributed by atoms with van der Waals surface area (Å²) >= 11 is 0. The lowest BCUT2D eigenvalue weighted by molar-refractivity contribution is -0.298. The number of hydrogen-bond acceptors (Lipinski definition) is 16. The molecular formula is C44H51N3O15. The van der Waals surface area contributed by atoms with Crippen LogP contribution in [0.25, 0.3) is 6.08 Å². The van der Waals surface area contributed by atoms with Crippen LogP contribution >= 0.6 is 0 Å². The van der Waals surface area contributed by atoms with Crippen molar-refractivity contribution in [3.05, 3.63) is 113 Å². The van der Waals surface area contributed by atoms with Gasteiger partial charge in [0.05, 0.1) is 32.5 Å². The highest BCUT2D eigenvalue weighted by molar-refractivity contribution is 5.96.